The Labute approximate surface area is 152 Å². The van der Waals surface area contributed by atoms with Gasteiger partial charge in [0.05, 0.1) is 21.8 Å². The van der Waals surface area contributed by atoms with Gasteiger partial charge in [-0.3, -0.25) is 14.5 Å². The van der Waals surface area contributed by atoms with Crippen molar-refractivity contribution in [1.29, 1.82) is 0 Å². The fraction of sp³-hybridized carbons (Fsp3) is 0.471. The number of piperazine rings is 1. The van der Waals surface area contributed by atoms with Crippen molar-refractivity contribution in [3.05, 3.63) is 23.2 Å². The van der Waals surface area contributed by atoms with Crippen LogP contribution < -0.4 is 4.74 Å². The Morgan fingerprint density at radius 3 is 2.92 bits per heavy atom. The highest BCUT2D eigenvalue weighted by atomic mass is 32.1. The Hall–Kier alpha value is -1.93. The average Bonchev–Trinajstić information content (AvgIpc) is 2.94. The van der Waals surface area contributed by atoms with Gasteiger partial charge in [0.2, 0.25) is 7.85 Å². The van der Waals surface area contributed by atoms with Crippen LogP contribution >= 0.6 is 11.3 Å². The summed E-state index contributed by atoms with van der Waals surface area (Å²) in [6.45, 7) is 6.48. The van der Waals surface area contributed by atoms with Crippen LogP contribution in [0.5, 0.6) is 5.75 Å². The molecule has 1 amide bonds. The van der Waals surface area contributed by atoms with Gasteiger partial charge in [-0.1, -0.05) is 0 Å². The van der Waals surface area contributed by atoms with Gasteiger partial charge >= 0.3 is 0 Å². The van der Waals surface area contributed by atoms with Gasteiger partial charge in [0.15, 0.2) is 11.6 Å². The molecule has 0 spiro atoms. The monoisotopic (exact) mass is 359 g/mol. The Bertz CT molecular complexity index is 795. The van der Waals surface area contributed by atoms with E-state index in [1.54, 1.807) is 19.2 Å². The number of fused-ring (bicyclic) bond motifs is 1. The van der Waals surface area contributed by atoms with Crippen LogP contribution in [0.3, 0.4) is 0 Å². The number of Topliss-reactive ketones (excluding diaryl/α,β-unsaturated/α-hetero) is 1. The summed E-state index contributed by atoms with van der Waals surface area (Å²) in [4.78, 5) is 32.1. The van der Waals surface area contributed by atoms with Gasteiger partial charge in [-0.25, -0.2) is 4.98 Å². The van der Waals surface area contributed by atoms with E-state index in [1.165, 1.54) is 0 Å². The lowest BCUT2D eigenvalue weighted by atomic mass is 10.1. The van der Waals surface area contributed by atoms with Crippen LogP contribution in [0, 0.1) is 6.92 Å². The first-order chi connectivity index (χ1) is 11.9. The number of ether oxygens (including phenoxy) is 1. The normalized spacial score (nSPS) is 18.5. The Morgan fingerprint density at radius 2 is 2.20 bits per heavy atom. The van der Waals surface area contributed by atoms with Crippen LogP contribution in [0.25, 0.3) is 10.2 Å². The summed E-state index contributed by atoms with van der Waals surface area (Å²) in [5.74, 6) is 0.798. The SMILES string of the molecule is BC(=O)N1CCN(CC(=O)COc2ccc3sc(C)nc3c2)[C@@H](C)C1. The molecule has 1 saturated heterocycles. The number of carbonyl (C=O) groups is 2. The average molecular weight is 359 g/mol. The van der Waals surface area contributed by atoms with Crippen molar-refractivity contribution in [2.24, 2.45) is 0 Å². The number of nitrogens with zero attached hydrogens (tertiary/aromatic N) is 3. The molecule has 0 N–H and O–H groups in total. The highest BCUT2D eigenvalue weighted by Gasteiger charge is 2.26. The lowest BCUT2D eigenvalue weighted by molar-refractivity contribution is -0.123. The van der Waals surface area contributed by atoms with Crippen molar-refractivity contribution < 1.29 is 14.3 Å². The number of amides is 1. The summed E-state index contributed by atoms with van der Waals surface area (Å²) in [6, 6.07) is 5.90. The quantitative estimate of drug-likeness (QED) is 0.754. The number of hydrogen-bond acceptors (Lipinski definition) is 6. The molecule has 132 valence electrons. The van der Waals surface area contributed by atoms with Crippen LogP contribution in [0.15, 0.2) is 18.2 Å². The number of carbonyl (C=O) groups excluding carboxylic acids is 2. The van der Waals surface area contributed by atoms with Gasteiger partial charge in [-0.15, -0.1) is 11.3 Å². The summed E-state index contributed by atoms with van der Waals surface area (Å²) in [7, 11) is 1.59. The fourth-order valence-corrected chi connectivity index (χ4v) is 3.87. The molecule has 0 saturated carbocycles. The minimum Gasteiger partial charge on any atom is -0.486 e. The number of benzene rings is 1. The third kappa shape index (κ3) is 4.38. The highest BCUT2D eigenvalue weighted by Crippen LogP contribution is 2.25. The predicted molar refractivity (Wildman–Crippen MR) is 101 cm³/mol. The largest absolute Gasteiger partial charge is 0.486 e. The number of thiazole rings is 1. The minimum atomic E-state index is 0.0395. The molecule has 0 unspecified atom stereocenters. The van der Waals surface area contributed by atoms with E-state index in [4.69, 9.17) is 4.74 Å². The van der Waals surface area contributed by atoms with E-state index < -0.39 is 0 Å². The number of aromatic nitrogens is 1. The van der Waals surface area contributed by atoms with E-state index in [0.717, 1.165) is 21.8 Å². The van der Waals surface area contributed by atoms with Crippen molar-refractivity contribution in [1.82, 2.24) is 14.8 Å². The highest BCUT2D eigenvalue weighted by molar-refractivity contribution is 7.18. The zero-order valence-corrected chi connectivity index (χ0v) is 15.6. The zero-order valence-electron chi connectivity index (χ0n) is 14.8. The Morgan fingerprint density at radius 1 is 1.40 bits per heavy atom. The van der Waals surface area contributed by atoms with Gasteiger partial charge in [0.1, 0.15) is 12.4 Å². The summed E-state index contributed by atoms with van der Waals surface area (Å²) in [5.41, 5.74) is 0.904. The first-order valence-corrected chi connectivity index (χ1v) is 9.25. The molecule has 6 nitrogen and oxygen atoms in total. The molecule has 0 bridgehead atoms. The molecule has 3 rings (SSSR count). The third-order valence-corrected chi connectivity index (χ3v) is 5.41. The maximum Gasteiger partial charge on any atom is 0.215 e. The summed E-state index contributed by atoms with van der Waals surface area (Å²) < 4.78 is 6.76. The van der Waals surface area contributed by atoms with Crippen LogP contribution in [-0.2, 0) is 4.79 Å². The first-order valence-electron chi connectivity index (χ1n) is 8.43. The standard InChI is InChI=1S/C17H22BN3O3S/c1-11-8-21(17(18)23)6-5-20(11)9-13(22)10-24-14-3-4-16-15(7-14)19-12(2)25-16/h3-4,7,11H,5-6,8-10,18H2,1-2H3/t11-/m0/s1. The van der Waals surface area contributed by atoms with Crippen molar-refractivity contribution in [3.8, 4) is 5.75 Å². The summed E-state index contributed by atoms with van der Waals surface area (Å²) in [5, 5.41) is 1.02. The molecule has 8 heteroatoms. The number of hydrogen-bond donors (Lipinski definition) is 0. The van der Waals surface area contributed by atoms with Crippen molar-refractivity contribution in [2.45, 2.75) is 19.9 Å². The second kappa shape index (κ2) is 7.53. The number of aryl methyl sites for hydroxylation is 1. The van der Waals surface area contributed by atoms with Gasteiger partial charge in [0, 0.05) is 31.7 Å². The predicted octanol–water partition coefficient (Wildman–Crippen LogP) is 1.31. The molecule has 2 heterocycles. The molecule has 1 aliphatic heterocycles. The van der Waals surface area contributed by atoms with Crippen LogP contribution in [-0.4, -0.2) is 73.0 Å². The van der Waals surface area contributed by atoms with Gasteiger partial charge < -0.3 is 9.64 Å². The van der Waals surface area contributed by atoms with Gasteiger partial charge in [0.25, 0.3) is 0 Å². The van der Waals surface area contributed by atoms with E-state index in [-0.39, 0.29) is 24.2 Å². The van der Waals surface area contributed by atoms with E-state index >= 15 is 0 Å². The molecule has 1 fully saturated rings. The Kier molecular flexibility index (Phi) is 5.39. The van der Waals surface area contributed by atoms with Gasteiger partial charge in [-0.2, -0.15) is 0 Å². The third-order valence-electron chi connectivity index (χ3n) is 4.46. The Balaban J connectivity index is 1.51. The van der Waals surface area contributed by atoms with Crippen molar-refractivity contribution >= 4 is 41.0 Å². The van der Waals surface area contributed by atoms with Gasteiger partial charge in [-0.05, 0) is 26.0 Å². The second-order valence-corrected chi connectivity index (χ2v) is 7.71. The molecule has 0 radical (unpaired) electrons. The van der Waals surface area contributed by atoms with Crippen LogP contribution in [0.2, 0.25) is 0 Å². The topological polar surface area (TPSA) is 62.7 Å². The van der Waals surface area contributed by atoms with Crippen molar-refractivity contribution in [2.75, 3.05) is 32.8 Å². The zero-order chi connectivity index (χ0) is 18.0. The smallest absolute Gasteiger partial charge is 0.215 e. The lowest BCUT2D eigenvalue weighted by Crippen LogP contribution is -2.54. The molecule has 1 aromatic carbocycles. The molecule has 25 heavy (non-hydrogen) atoms. The van der Waals surface area contributed by atoms with E-state index in [0.29, 0.717) is 25.4 Å². The second-order valence-electron chi connectivity index (χ2n) is 6.47. The molecule has 1 aromatic heterocycles. The van der Waals surface area contributed by atoms with E-state index in [2.05, 4.69) is 9.88 Å². The maximum atomic E-state index is 12.3. The molecular weight excluding hydrogens is 337 g/mol. The van der Waals surface area contributed by atoms with E-state index in [9.17, 15) is 9.59 Å². The number of ketones is 1. The molecule has 2 aromatic rings. The molecule has 0 aliphatic carbocycles. The molecule has 1 atom stereocenters. The molecular formula is C17H22BN3O3S. The maximum absolute atomic E-state index is 12.3. The van der Waals surface area contributed by atoms with Crippen LogP contribution in [0.4, 0.5) is 4.79 Å². The lowest BCUT2D eigenvalue weighted by Gasteiger charge is -2.39. The first kappa shape index (κ1) is 17.9. The summed E-state index contributed by atoms with van der Waals surface area (Å²) in [6.07, 6.45) is 0. The van der Waals surface area contributed by atoms with E-state index in [1.807, 2.05) is 36.9 Å². The summed E-state index contributed by atoms with van der Waals surface area (Å²) >= 11 is 1.64. The fourth-order valence-electron chi connectivity index (χ4n) is 3.06. The number of rotatable bonds is 5. The van der Waals surface area contributed by atoms with Crippen LogP contribution in [0.1, 0.15) is 11.9 Å². The minimum absolute atomic E-state index is 0.0395. The molecule has 1 aliphatic rings. The van der Waals surface area contributed by atoms with Crippen molar-refractivity contribution in [3.63, 3.8) is 0 Å².